The number of hydrogen-bond acceptors (Lipinski definition) is 2. The lowest BCUT2D eigenvalue weighted by Gasteiger charge is -2.13. The van der Waals surface area contributed by atoms with Crippen molar-refractivity contribution in [1.29, 1.82) is 0 Å². The summed E-state index contributed by atoms with van der Waals surface area (Å²) in [6, 6.07) is 5.71. The molecule has 1 rings (SSSR count). The van der Waals surface area contributed by atoms with Gasteiger partial charge in [-0.2, -0.15) is 0 Å². The average Bonchev–Trinajstić information content (AvgIpc) is 2.25. The zero-order valence-corrected chi connectivity index (χ0v) is 9.40. The Kier molecular flexibility index (Phi) is 4.43. The van der Waals surface area contributed by atoms with Gasteiger partial charge in [-0.1, -0.05) is 26.0 Å². The van der Waals surface area contributed by atoms with Crippen LogP contribution in [0.4, 0.5) is 4.39 Å². The maximum absolute atomic E-state index is 12.9. The van der Waals surface area contributed by atoms with Crippen LogP contribution >= 0.6 is 0 Å². The Morgan fingerprint density at radius 3 is 2.75 bits per heavy atom. The first-order valence-electron chi connectivity index (χ1n) is 5.22. The van der Waals surface area contributed by atoms with Crippen LogP contribution in [0.3, 0.4) is 0 Å². The quantitative estimate of drug-likeness (QED) is 0.818. The van der Waals surface area contributed by atoms with E-state index in [1.807, 2.05) is 0 Å². The fourth-order valence-corrected chi connectivity index (χ4v) is 1.23. The molecule has 0 saturated carbocycles. The summed E-state index contributed by atoms with van der Waals surface area (Å²) >= 11 is 0. The molecule has 0 radical (unpaired) electrons. The van der Waals surface area contributed by atoms with E-state index < -0.39 is 11.9 Å². The highest BCUT2D eigenvalue weighted by molar-refractivity contribution is 5.77. The molecule has 0 fully saturated rings. The fourth-order valence-electron chi connectivity index (χ4n) is 1.23. The summed E-state index contributed by atoms with van der Waals surface area (Å²) in [5.74, 6) is -0.651. The van der Waals surface area contributed by atoms with Crippen molar-refractivity contribution in [3.05, 3.63) is 35.6 Å². The van der Waals surface area contributed by atoms with Gasteiger partial charge in [0.1, 0.15) is 5.82 Å². The highest BCUT2D eigenvalue weighted by Crippen LogP contribution is 2.13. The number of halogens is 1. The molecule has 0 aliphatic heterocycles. The number of amides is 1. The van der Waals surface area contributed by atoms with Gasteiger partial charge in [0.15, 0.2) is 0 Å². The molecule has 1 amide bonds. The van der Waals surface area contributed by atoms with Gasteiger partial charge in [0.05, 0.1) is 6.10 Å². The summed E-state index contributed by atoms with van der Waals surface area (Å²) < 4.78 is 12.9. The molecule has 1 atom stereocenters. The molecule has 1 aromatic rings. The fraction of sp³-hybridized carbons (Fsp3) is 0.417. The topological polar surface area (TPSA) is 49.3 Å². The molecule has 16 heavy (non-hydrogen) atoms. The Morgan fingerprint density at radius 2 is 2.19 bits per heavy atom. The maximum Gasteiger partial charge on any atom is 0.222 e. The van der Waals surface area contributed by atoms with Crippen LogP contribution in [0.1, 0.15) is 25.5 Å². The molecule has 0 bridgehead atoms. The summed E-state index contributed by atoms with van der Waals surface area (Å²) in [5.41, 5.74) is 0.462. The van der Waals surface area contributed by atoms with Gasteiger partial charge < -0.3 is 10.4 Å². The van der Waals surface area contributed by atoms with E-state index >= 15 is 0 Å². The molecular formula is C12H16FNO2. The van der Waals surface area contributed by atoms with E-state index in [2.05, 4.69) is 5.32 Å². The molecule has 0 spiro atoms. The molecule has 1 unspecified atom stereocenters. The first-order valence-corrected chi connectivity index (χ1v) is 5.22. The molecule has 88 valence electrons. The van der Waals surface area contributed by atoms with Gasteiger partial charge in [-0.3, -0.25) is 4.79 Å². The summed E-state index contributed by atoms with van der Waals surface area (Å²) in [6.45, 7) is 3.63. The van der Waals surface area contributed by atoms with Gasteiger partial charge in [-0.05, 0) is 17.7 Å². The van der Waals surface area contributed by atoms with Crippen molar-refractivity contribution in [3.8, 4) is 0 Å². The Hall–Kier alpha value is -1.42. The Labute approximate surface area is 94.3 Å². The first kappa shape index (κ1) is 12.6. The highest BCUT2D eigenvalue weighted by Gasteiger charge is 2.11. The van der Waals surface area contributed by atoms with E-state index in [1.54, 1.807) is 19.9 Å². The van der Waals surface area contributed by atoms with Crippen LogP contribution < -0.4 is 5.32 Å². The van der Waals surface area contributed by atoms with Crippen molar-refractivity contribution in [2.75, 3.05) is 6.54 Å². The van der Waals surface area contributed by atoms with Crippen molar-refractivity contribution in [2.45, 2.75) is 20.0 Å². The molecule has 4 heteroatoms. The van der Waals surface area contributed by atoms with Crippen LogP contribution in [0.25, 0.3) is 0 Å². The number of aliphatic hydroxyl groups excluding tert-OH is 1. The molecule has 0 saturated heterocycles. The molecular weight excluding hydrogens is 209 g/mol. The smallest absolute Gasteiger partial charge is 0.222 e. The summed E-state index contributed by atoms with van der Waals surface area (Å²) in [7, 11) is 0. The van der Waals surface area contributed by atoms with E-state index in [9.17, 15) is 14.3 Å². The van der Waals surface area contributed by atoms with E-state index in [0.29, 0.717) is 5.56 Å². The van der Waals surface area contributed by atoms with Crippen molar-refractivity contribution in [2.24, 2.45) is 5.92 Å². The number of nitrogens with one attached hydrogen (secondary N) is 1. The van der Waals surface area contributed by atoms with E-state index in [4.69, 9.17) is 0 Å². The Bertz CT molecular complexity index is 366. The third-order valence-electron chi connectivity index (χ3n) is 2.23. The van der Waals surface area contributed by atoms with Crippen LogP contribution in [0.15, 0.2) is 24.3 Å². The van der Waals surface area contributed by atoms with E-state index in [0.717, 1.165) is 0 Å². The standard InChI is InChI=1S/C12H16FNO2/c1-8(2)12(16)14-7-11(15)9-4-3-5-10(13)6-9/h3-6,8,11,15H,7H2,1-2H3,(H,14,16). The molecule has 3 nitrogen and oxygen atoms in total. The normalized spacial score (nSPS) is 12.6. The first-order chi connectivity index (χ1) is 7.50. The lowest BCUT2D eigenvalue weighted by Crippen LogP contribution is -2.31. The summed E-state index contributed by atoms with van der Waals surface area (Å²) in [4.78, 5) is 11.2. The average molecular weight is 225 g/mol. The summed E-state index contributed by atoms with van der Waals surface area (Å²) in [6.07, 6.45) is -0.876. The molecule has 1 aromatic carbocycles. The number of carbonyl (C=O) groups excluding carboxylic acids is 1. The van der Waals surface area contributed by atoms with E-state index in [-0.39, 0.29) is 18.4 Å². The molecule has 0 aromatic heterocycles. The minimum atomic E-state index is -0.876. The number of hydrogen-bond donors (Lipinski definition) is 2. The SMILES string of the molecule is CC(C)C(=O)NCC(O)c1cccc(F)c1. The van der Waals surface area contributed by atoms with Crippen LogP contribution in [-0.2, 0) is 4.79 Å². The van der Waals surface area contributed by atoms with Crippen LogP contribution in [0.5, 0.6) is 0 Å². The van der Waals surface area contributed by atoms with Crippen molar-refractivity contribution < 1.29 is 14.3 Å². The van der Waals surface area contributed by atoms with Gasteiger partial charge in [0.25, 0.3) is 0 Å². The second-order valence-electron chi connectivity index (χ2n) is 3.97. The van der Waals surface area contributed by atoms with Crippen LogP contribution in [-0.4, -0.2) is 17.6 Å². The predicted octanol–water partition coefficient (Wildman–Crippen LogP) is 1.63. The Morgan fingerprint density at radius 1 is 1.50 bits per heavy atom. The van der Waals surface area contributed by atoms with E-state index in [1.165, 1.54) is 18.2 Å². The van der Waals surface area contributed by atoms with Gasteiger partial charge in [-0.15, -0.1) is 0 Å². The van der Waals surface area contributed by atoms with Crippen molar-refractivity contribution >= 4 is 5.91 Å². The monoisotopic (exact) mass is 225 g/mol. The van der Waals surface area contributed by atoms with Crippen LogP contribution in [0.2, 0.25) is 0 Å². The zero-order valence-electron chi connectivity index (χ0n) is 9.40. The number of aliphatic hydroxyl groups is 1. The molecule has 0 aliphatic rings. The minimum absolute atomic E-state index is 0.0977. The minimum Gasteiger partial charge on any atom is -0.387 e. The van der Waals surface area contributed by atoms with Crippen molar-refractivity contribution in [3.63, 3.8) is 0 Å². The molecule has 2 N–H and O–H groups in total. The number of carbonyl (C=O) groups is 1. The molecule has 0 aliphatic carbocycles. The maximum atomic E-state index is 12.9. The summed E-state index contributed by atoms with van der Waals surface area (Å²) in [5, 5.41) is 12.3. The van der Waals surface area contributed by atoms with Gasteiger partial charge in [-0.25, -0.2) is 4.39 Å². The third kappa shape index (κ3) is 3.62. The van der Waals surface area contributed by atoms with Gasteiger partial charge >= 0.3 is 0 Å². The second kappa shape index (κ2) is 5.61. The molecule has 0 heterocycles. The zero-order chi connectivity index (χ0) is 12.1. The number of rotatable bonds is 4. The van der Waals surface area contributed by atoms with Gasteiger partial charge in [0.2, 0.25) is 5.91 Å². The highest BCUT2D eigenvalue weighted by atomic mass is 19.1. The Balaban J connectivity index is 2.53. The number of benzene rings is 1. The lowest BCUT2D eigenvalue weighted by molar-refractivity contribution is -0.124. The second-order valence-corrected chi connectivity index (χ2v) is 3.97. The van der Waals surface area contributed by atoms with Crippen molar-refractivity contribution in [1.82, 2.24) is 5.32 Å². The largest absolute Gasteiger partial charge is 0.387 e. The van der Waals surface area contributed by atoms with Crippen LogP contribution in [0, 0.1) is 11.7 Å². The predicted molar refractivity (Wildman–Crippen MR) is 59.2 cm³/mol. The third-order valence-corrected chi connectivity index (χ3v) is 2.23. The lowest BCUT2D eigenvalue weighted by atomic mass is 10.1. The van der Waals surface area contributed by atoms with Gasteiger partial charge in [0, 0.05) is 12.5 Å².